The summed E-state index contributed by atoms with van der Waals surface area (Å²) in [5.41, 5.74) is 0.960. The first kappa shape index (κ1) is 20.6. The van der Waals surface area contributed by atoms with Crippen molar-refractivity contribution in [2.75, 3.05) is 4.90 Å². The Hall–Kier alpha value is -3.13. The van der Waals surface area contributed by atoms with Crippen molar-refractivity contribution in [1.29, 1.82) is 0 Å². The molecule has 150 valence electrons. The fourth-order valence-electron chi connectivity index (χ4n) is 2.80. The third-order valence-electron chi connectivity index (χ3n) is 4.68. The van der Waals surface area contributed by atoms with Gasteiger partial charge in [-0.05, 0) is 50.0 Å². The van der Waals surface area contributed by atoms with Crippen molar-refractivity contribution < 1.29 is 9.59 Å². The second-order valence-electron chi connectivity index (χ2n) is 7.22. The summed E-state index contributed by atoms with van der Waals surface area (Å²) in [5.74, 6) is -0.687. The van der Waals surface area contributed by atoms with E-state index >= 15 is 0 Å². The molecular weight excluding hydrogens is 386 g/mol. The highest BCUT2D eigenvalue weighted by Gasteiger charge is 2.36. The molecule has 1 aromatic carbocycles. The molecule has 2 aromatic heterocycles. The smallest absolute Gasteiger partial charge is 0.280 e. The van der Waals surface area contributed by atoms with Gasteiger partial charge in [0.25, 0.3) is 5.91 Å². The summed E-state index contributed by atoms with van der Waals surface area (Å²) in [4.78, 5) is 32.4. The molecule has 0 saturated carbocycles. The van der Waals surface area contributed by atoms with Crippen LogP contribution in [0.15, 0.2) is 60.2 Å². The number of pyridine rings is 1. The average molecular weight is 410 g/mol. The van der Waals surface area contributed by atoms with Gasteiger partial charge in [0.2, 0.25) is 5.91 Å². The lowest BCUT2D eigenvalue weighted by atomic mass is 9.99. The van der Waals surface area contributed by atoms with Crippen molar-refractivity contribution in [2.24, 2.45) is 0 Å². The molecule has 0 bridgehead atoms. The fraction of sp³-hybridized carbons (Fsp3) is 0.286. The number of benzene rings is 1. The minimum Gasteiger partial charge on any atom is -0.349 e. The van der Waals surface area contributed by atoms with Crippen LogP contribution in [0.1, 0.15) is 49.3 Å². The molecular formula is C21H23N5O2S. The molecule has 7 nitrogen and oxygen atoms in total. The van der Waals surface area contributed by atoms with Gasteiger partial charge < -0.3 is 5.32 Å². The van der Waals surface area contributed by atoms with Gasteiger partial charge in [0.1, 0.15) is 6.04 Å². The number of para-hydroxylation sites is 1. The van der Waals surface area contributed by atoms with Gasteiger partial charge in [-0.2, -0.15) is 0 Å². The van der Waals surface area contributed by atoms with Gasteiger partial charge in [-0.25, -0.2) is 0 Å². The third kappa shape index (κ3) is 4.83. The van der Waals surface area contributed by atoms with Crippen LogP contribution in [0.25, 0.3) is 0 Å². The first-order chi connectivity index (χ1) is 13.9. The van der Waals surface area contributed by atoms with E-state index < -0.39 is 17.5 Å². The molecule has 0 spiro atoms. The van der Waals surface area contributed by atoms with E-state index in [1.165, 1.54) is 4.90 Å². The lowest BCUT2D eigenvalue weighted by molar-refractivity contribution is -0.124. The zero-order valence-electron chi connectivity index (χ0n) is 16.6. The Balaban J connectivity index is 2.12. The number of hydrogen-bond donors (Lipinski definition) is 1. The Labute approximate surface area is 174 Å². The molecule has 1 N–H and O–H groups in total. The van der Waals surface area contributed by atoms with Crippen LogP contribution in [0.3, 0.4) is 0 Å². The summed E-state index contributed by atoms with van der Waals surface area (Å²) < 4.78 is 3.80. The zero-order chi connectivity index (χ0) is 20.9. The molecule has 0 radical (unpaired) electrons. The van der Waals surface area contributed by atoms with E-state index in [-0.39, 0.29) is 11.6 Å². The largest absolute Gasteiger partial charge is 0.349 e. The first-order valence-electron chi connectivity index (χ1n) is 9.30. The Morgan fingerprint density at radius 3 is 2.52 bits per heavy atom. The molecule has 0 fully saturated rings. The monoisotopic (exact) mass is 409 g/mol. The van der Waals surface area contributed by atoms with Crippen molar-refractivity contribution >= 4 is 29.0 Å². The minimum absolute atomic E-state index is 0.190. The lowest BCUT2D eigenvalue weighted by Gasteiger charge is -2.34. The highest BCUT2D eigenvalue weighted by molar-refractivity contribution is 7.03. The van der Waals surface area contributed by atoms with Crippen LogP contribution in [-0.2, 0) is 4.79 Å². The maximum Gasteiger partial charge on any atom is 0.280 e. The summed E-state index contributed by atoms with van der Waals surface area (Å²) in [6, 6.07) is 11.7. The van der Waals surface area contributed by atoms with E-state index in [0.717, 1.165) is 18.0 Å². The molecule has 1 atom stereocenters. The van der Waals surface area contributed by atoms with E-state index in [1.807, 2.05) is 39.0 Å². The van der Waals surface area contributed by atoms with Crippen molar-refractivity contribution in [1.82, 2.24) is 19.9 Å². The molecule has 2 heterocycles. The fourth-order valence-corrected chi connectivity index (χ4v) is 3.23. The normalized spacial score (nSPS) is 12.2. The van der Waals surface area contributed by atoms with E-state index in [4.69, 9.17) is 0 Å². The van der Waals surface area contributed by atoms with E-state index in [9.17, 15) is 9.59 Å². The van der Waals surface area contributed by atoms with Crippen LogP contribution >= 0.6 is 11.5 Å². The zero-order valence-corrected chi connectivity index (χ0v) is 17.4. The number of nitrogens with zero attached hydrogens (tertiary/aromatic N) is 4. The number of rotatable bonds is 7. The van der Waals surface area contributed by atoms with Gasteiger partial charge in [0.15, 0.2) is 5.69 Å². The quantitative estimate of drug-likeness (QED) is 0.644. The first-order valence-corrected chi connectivity index (χ1v) is 10.1. The van der Waals surface area contributed by atoms with Crippen LogP contribution in [0.4, 0.5) is 5.69 Å². The maximum atomic E-state index is 13.4. The average Bonchev–Trinajstić information content (AvgIpc) is 3.27. The second kappa shape index (κ2) is 8.91. The molecule has 0 saturated heterocycles. The van der Waals surface area contributed by atoms with Crippen molar-refractivity contribution in [3.63, 3.8) is 0 Å². The number of hydrogen-bond acceptors (Lipinski definition) is 6. The molecule has 0 aliphatic heterocycles. The minimum atomic E-state index is -0.911. The molecule has 8 heteroatoms. The van der Waals surface area contributed by atoms with Gasteiger partial charge in [0, 0.05) is 34.6 Å². The molecule has 0 aliphatic rings. The Bertz CT molecular complexity index is 946. The second-order valence-corrected chi connectivity index (χ2v) is 7.83. The predicted octanol–water partition coefficient (Wildman–Crippen LogP) is 3.63. The molecule has 3 rings (SSSR count). The number of carbonyl (C=O) groups excluding carboxylic acids is 2. The van der Waals surface area contributed by atoms with Crippen LogP contribution in [0.5, 0.6) is 0 Å². The van der Waals surface area contributed by atoms with Gasteiger partial charge in [-0.15, -0.1) is 5.10 Å². The van der Waals surface area contributed by atoms with Crippen molar-refractivity contribution in [3.8, 4) is 0 Å². The molecule has 0 unspecified atom stereocenters. The summed E-state index contributed by atoms with van der Waals surface area (Å²) in [5, 5.41) is 8.56. The van der Waals surface area contributed by atoms with Crippen LogP contribution in [0.2, 0.25) is 0 Å². The van der Waals surface area contributed by atoms with Gasteiger partial charge >= 0.3 is 0 Å². The molecule has 3 aromatic rings. The number of nitrogens with one attached hydrogen (secondary N) is 1. The predicted molar refractivity (Wildman–Crippen MR) is 113 cm³/mol. The van der Waals surface area contributed by atoms with Crippen LogP contribution < -0.4 is 10.2 Å². The lowest BCUT2D eigenvalue weighted by Crippen LogP contribution is -2.50. The molecule has 0 aliphatic carbocycles. The van der Waals surface area contributed by atoms with E-state index in [1.54, 1.807) is 42.0 Å². The highest BCUT2D eigenvalue weighted by Crippen LogP contribution is 2.30. The van der Waals surface area contributed by atoms with Crippen LogP contribution in [-0.4, -0.2) is 31.9 Å². The summed E-state index contributed by atoms with van der Waals surface area (Å²) in [6.07, 6.45) is 3.98. The maximum absolute atomic E-state index is 13.4. The van der Waals surface area contributed by atoms with E-state index in [2.05, 4.69) is 19.9 Å². The number of aromatic nitrogens is 3. The van der Waals surface area contributed by atoms with Gasteiger partial charge in [0.05, 0.1) is 0 Å². The van der Waals surface area contributed by atoms with Gasteiger partial charge in [-0.1, -0.05) is 35.7 Å². The summed E-state index contributed by atoms with van der Waals surface area (Å²) in [6.45, 7) is 5.90. The Morgan fingerprint density at radius 2 is 1.93 bits per heavy atom. The number of amides is 2. The SMILES string of the molecule is CCC(C)(C)NC(=O)[C@H](c1cccnc1)N(C(=O)c1csnn1)c1ccccc1. The number of carbonyl (C=O) groups is 2. The molecule has 29 heavy (non-hydrogen) atoms. The van der Waals surface area contributed by atoms with Crippen molar-refractivity contribution in [2.45, 2.75) is 38.8 Å². The summed E-state index contributed by atoms with van der Waals surface area (Å²) >= 11 is 1.09. The third-order valence-corrected chi connectivity index (χ3v) is 5.19. The van der Waals surface area contributed by atoms with Crippen LogP contribution in [0, 0.1) is 0 Å². The van der Waals surface area contributed by atoms with E-state index in [0.29, 0.717) is 11.3 Å². The summed E-state index contributed by atoms with van der Waals surface area (Å²) in [7, 11) is 0. The topological polar surface area (TPSA) is 88.1 Å². The van der Waals surface area contributed by atoms with Crippen molar-refractivity contribution in [3.05, 3.63) is 71.5 Å². The Morgan fingerprint density at radius 1 is 1.17 bits per heavy atom. The number of anilines is 1. The molecule has 2 amide bonds. The van der Waals surface area contributed by atoms with Gasteiger partial charge in [-0.3, -0.25) is 19.5 Å². The standard InChI is InChI=1S/C21H23N5O2S/c1-4-21(2,3)23-19(27)18(15-9-8-12-22-13-15)26(16-10-6-5-7-11-16)20(28)17-14-29-25-24-17/h5-14,18H,4H2,1-3H3,(H,23,27)/t18-/m0/s1. The Kier molecular flexibility index (Phi) is 6.33. The highest BCUT2D eigenvalue weighted by atomic mass is 32.1.